The van der Waals surface area contributed by atoms with Crippen LogP contribution in [0, 0.1) is 5.92 Å². The molecule has 2 aromatic rings. The van der Waals surface area contributed by atoms with Crippen molar-refractivity contribution in [3.8, 4) is 0 Å². The molecule has 0 radical (unpaired) electrons. The summed E-state index contributed by atoms with van der Waals surface area (Å²) >= 11 is 0. The minimum atomic E-state index is -0.310. The first-order chi connectivity index (χ1) is 8.25. The molecule has 7 heteroatoms. The first kappa shape index (κ1) is 10.4. The monoisotopic (exact) mass is 234 g/mol. The van der Waals surface area contributed by atoms with Crippen molar-refractivity contribution in [3.63, 3.8) is 0 Å². The molecule has 1 aliphatic rings. The van der Waals surface area contributed by atoms with E-state index in [4.69, 9.17) is 0 Å². The van der Waals surface area contributed by atoms with E-state index in [9.17, 15) is 5.11 Å². The number of aromatic nitrogens is 5. The molecule has 2 atom stereocenters. The Morgan fingerprint density at radius 3 is 3.12 bits per heavy atom. The fourth-order valence-electron chi connectivity index (χ4n) is 2.14. The first-order valence-electron chi connectivity index (χ1n) is 5.71. The number of rotatable bonds is 1. The standard InChI is InChI=1S/C10H14N6O/c1-7-2-3-15(6-8(7)17)10-5-11-4-9-12-13-14-16(9)10/h4-5,7-8,17H,2-3,6H2,1H3. The van der Waals surface area contributed by atoms with Gasteiger partial charge in [0, 0.05) is 13.1 Å². The average Bonchev–Trinajstić information content (AvgIpc) is 2.80. The molecule has 7 nitrogen and oxygen atoms in total. The molecule has 1 saturated heterocycles. The van der Waals surface area contributed by atoms with Gasteiger partial charge in [-0.1, -0.05) is 6.92 Å². The molecule has 1 N–H and O–H groups in total. The molecule has 0 amide bonds. The SMILES string of the molecule is CC1CCN(c2cncc3nnnn23)CC1O. The Bertz CT molecular complexity index is 526. The third kappa shape index (κ3) is 1.72. The van der Waals surface area contributed by atoms with E-state index in [1.165, 1.54) is 0 Å². The Hall–Kier alpha value is -1.76. The van der Waals surface area contributed by atoms with Crippen LogP contribution in [0.15, 0.2) is 12.4 Å². The van der Waals surface area contributed by atoms with Crippen LogP contribution in [0.1, 0.15) is 13.3 Å². The number of aliphatic hydroxyl groups is 1. The van der Waals surface area contributed by atoms with E-state index >= 15 is 0 Å². The lowest BCUT2D eigenvalue weighted by molar-refractivity contribution is 0.102. The summed E-state index contributed by atoms with van der Waals surface area (Å²) in [5.74, 6) is 1.17. The zero-order valence-electron chi connectivity index (χ0n) is 9.56. The first-order valence-corrected chi connectivity index (χ1v) is 5.71. The molecular formula is C10H14N6O. The number of β-amino-alcohol motifs (C(OH)–C–C–N with tert-alkyl or cyclic N) is 1. The van der Waals surface area contributed by atoms with Gasteiger partial charge in [0.15, 0.2) is 11.5 Å². The van der Waals surface area contributed by atoms with E-state index in [1.807, 2.05) is 0 Å². The maximum atomic E-state index is 9.91. The molecule has 3 rings (SSSR count). The Morgan fingerprint density at radius 2 is 2.29 bits per heavy atom. The quantitative estimate of drug-likeness (QED) is 0.731. The predicted octanol–water partition coefficient (Wildman–Crippen LogP) is -0.274. The molecule has 17 heavy (non-hydrogen) atoms. The van der Waals surface area contributed by atoms with Gasteiger partial charge in [-0.15, -0.1) is 5.10 Å². The van der Waals surface area contributed by atoms with Crippen LogP contribution in [0.4, 0.5) is 5.82 Å². The lowest BCUT2D eigenvalue weighted by Crippen LogP contribution is -2.43. The molecule has 90 valence electrons. The minimum absolute atomic E-state index is 0.310. The van der Waals surface area contributed by atoms with Crippen LogP contribution in [0.5, 0.6) is 0 Å². The van der Waals surface area contributed by atoms with Crippen molar-refractivity contribution in [1.29, 1.82) is 0 Å². The van der Waals surface area contributed by atoms with Gasteiger partial charge in [-0.05, 0) is 22.8 Å². The minimum Gasteiger partial charge on any atom is -0.391 e. The number of hydrogen-bond donors (Lipinski definition) is 1. The Balaban J connectivity index is 1.96. The molecule has 3 heterocycles. The summed E-state index contributed by atoms with van der Waals surface area (Å²) in [4.78, 5) is 6.19. The summed E-state index contributed by atoms with van der Waals surface area (Å²) in [5, 5.41) is 21.3. The van der Waals surface area contributed by atoms with Gasteiger partial charge in [0.05, 0.1) is 18.5 Å². The second-order valence-electron chi connectivity index (χ2n) is 4.49. The van der Waals surface area contributed by atoms with Crippen LogP contribution in [-0.2, 0) is 0 Å². The van der Waals surface area contributed by atoms with Gasteiger partial charge in [-0.25, -0.2) is 0 Å². The number of tetrazole rings is 1. The molecule has 0 spiro atoms. The van der Waals surface area contributed by atoms with Crippen molar-refractivity contribution in [1.82, 2.24) is 25.0 Å². The van der Waals surface area contributed by atoms with Gasteiger partial charge in [-0.2, -0.15) is 4.52 Å². The third-order valence-corrected chi connectivity index (χ3v) is 3.33. The summed E-state index contributed by atoms with van der Waals surface area (Å²) < 4.78 is 1.65. The number of hydrogen-bond acceptors (Lipinski definition) is 6. The van der Waals surface area contributed by atoms with Crippen molar-refractivity contribution in [3.05, 3.63) is 12.4 Å². The van der Waals surface area contributed by atoms with Crippen molar-refractivity contribution < 1.29 is 5.11 Å². The largest absolute Gasteiger partial charge is 0.391 e. The van der Waals surface area contributed by atoms with E-state index in [0.717, 1.165) is 18.8 Å². The highest BCUT2D eigenvalue weighted by Gasteiger charge is 2.26. The van der Waals surface area contributed by atoms with Crippen molar-refractivity contribution in [2.75, 3.05) is 18.0 Å². The topological polar surface area (TPSA) is 79.4 Å². The van der Waals surface area contributed by atoms with Gasteiger partial charge >= 0.3 is 0 Å². The Kier molecular flexibility index (Phi) is 2.40. The molecular weight excluding hydrogens is 220 g/mol. The lowest BCUT2D eigenvalue weighted by Gasteiger charge is -2.35. The van der Waals surface area contributed by atoms with Gasteiger partial charge in [-0.3, -0.25) is 4.98 Å². The van der Waals surface area contributed by atoms with Crippen LogP contribution in [0.25, 0.3) is 5.65 Å². The predicted molar refractivity (Wildman–Crippen MR) is 60.6 cm³/mol. The number of nitrogens with zero attached hydrogens (tertiary/aromatic N) is 6. The van der Waals surface area contributed by atoms with Crippen LogP contribution in [-0.4, -0.2) is 49.3 Å². The number of anilines is 1. The fourth-order valence-corrected chi connectivity index (χ4v) is 2.14. The summed E-state index contributed by atoms with van der Waals surface area (Å²) in [6.07, 6.45) is 3.99. The van der Waals surface area contributed by atoms with Crippen molar-refractivity contribution >= 4 is 11.5 Å². The zero-order valence-corrected chi connectivity index (χ0v) is 9.56. The second-order valence-corrected chi connectivity index (χ2v) is 4.49. The maximum Gasteiger partial charge on any atom is 0.199 e. The van der Waals surface area contributed by atoms with Gasteiger partial charge < -0.3 is 10.0 Å². The Morgan fingerprint density at radius 1 is 1.41 bits per heavy atom. The molecule has 1 aliphatic heterocycles. The maximum absolute atomic E-state index is 9.91. The summed E-state index contributed by atoms with van der Waals surface area (Å²) in [6.45, 7) is 3.55. The van der Waals surface area contributed by atoms with Crippen LogP contribution < -0.4 is 4.90 Å². The van der Waals surface area contributed by atoms with Gasteiger partial charge in [0.2, 0.25) is 0 Å². The Labute approximate surface area is 98.1 Å². The zero-order chi connectivity index (χ0) is 11.8. The summed E-state index contributed by atoms with van der Waals surface area (Å²) in [6, 6.07) is 0. The van der Waals surface area contributed by atoms with Crippen molar-refractivity contribution in [2.24, 2.45) is 5.92 Å². The smallest absolute Gasteiger partial charge is 0.199 e. The molecule has 1 fully saturated rings. The molecule has 0 aromatic carbocycles. The molecule has 2 unspecified atom stereocenters. The molecule has 2 aromatic heterocycles. The number of piperidine rings is 1. The van der Waals surface area contributed by atoms with Crippen LogP contribution in [0.3, 0.4) is 0 Å². The highest BCUT2D eigenvalue weighted by Crippen LogP contribution is 2.22. The van der Waals surface area contributed by atoms with Gasteiger partial charge in [0.25, 0.3) is 0 Å². The van der Waals surface area contributed by atoms with Crippen LogP contribution in [0.2, 0.25) is 0 Å². The fraction of sp³-hybridized carbons (Fsp3) is 0.600. The summed E-state index contributed by atoms with van der Waals surface area (Å²) in [5.41, 5.74) is 0.621. The average molecular weight is 234 g/mol. The van der Waals surface area contributed by atoms with E-state index in [0.29, 0.717) is 18.1 Å². The summed E-state index contributed by atoms with van der Waals surface area (Å²) in [7, 11) is 0. The van der Waals surface area contributed by atoms with Crippen molar-refractivity contribution in [2.45, 2.75) is 19.4 Å². The number of aliphatic hydroxyl groups excluding tert-OH is 1. The lowest BCUT2D eigenvalue weighted by atomic mass is 9.96. The molecule has 0 saturated carbocycles. The van der Waals surface area contributed by atoms with Crippen LogP contribution >= 0.6 is 0 Å². The third-order valence-electron chi connectivity index (χ3n) is 3.33. The highest BCUT2D eigenvalue weighted by molar-refractivity contribution is 5.46. The number of fused-ring (bicyclic) bond motifs is 1. The van der Waals surface area contributed by atoms with E-state index in [-0.39, 0.29) is 6.10 Å². The van der Waals surface area contributed by atoms with Gasteiger partial charge in [0.1, 0.15) is 0 Å². The highest BCUT2D eigenvalue weighted by atomic mass is 16.3. The van der Waals surface area contributed by atoms with E-state index in [2.05, 4.69) is 32.3 Å². The normalized spacial score (nSPS) is 25.4. The van der Waals surface area contributed by atoms with E-state index in [1.54, 1.807) is 16.9 Å². The van der Waals surface area contributed by atoms with E-state index < -0.39 is 0 Å². The molecule has 0 aliphatic carbocycles. The second kappa shape index (κ2) is 3.92. The molecule has 0 bridgehead atoms.